The molecule has 0 saturated heterocycles. The minimum absolute atomic E-state index is 0.184. The van der Waals surface area contributed by atoms with Crippen LogP contribution in [-0.4, -0.2) is 49.5 Å². The van der Waals surface area contributed by atoms with E-state index in [4.69, 9.17) is 9.15 Å². The number of carbonyl (C=O) groups is 3. The lowest BCUT2D eigenvalue weighted by atomic mass is 9.79. The van der Waals surface area contributed by atoms with Gasteiger partial charge < -0.3 is 19.4 Å². The Morgan fingerprint density at radius 1 is 0.927 bits per heavy atom. The van der Waals surface area contributed by atoms with E-state index in [0.29, 0.717) is 35.3 Å². The molecule has 3 aromatic carbocycles. The normalized spacial score (nSPS) is 11.5. The van der Waals surface area contributed by atoms with Gasteiger partial charge in [0.15, 0.2) is 17.0 Å². The van der Waals surface area contributed by atoms with Crippen LogP contribution in [0.4, 0.5) is 0 Å². The van der Waals surface area contributed by atoms with Crippen molar-refractivity contribution in [3.05, 3.63) is 101 Å². The van der Waals surface area contributed by atoms with Crippen LogP contribution in [0.25, 0.3) is 21.9 Å². The van der Waals surface area contributed by atoms with E-state index in [-0.39, 0.29) is 17.7 Å². The van der Waals surface area contributed by atoms with Crippen LogP contribution in [-0.2, 0) is 22.6 Å². The fraction of sp³-hybridized carbons (Fsp3) is 0.200. The molecule has 5 aromatic rings. The van der Waals surface area contributed by atoms with Crippen molar-refractivity contribution in [1.82, 2.24) is 15.0 Å². The number of carboxylic acids is 2. The van der Waals surface area contributed by atoms with Crippen LogP contribution < -0.4 is 10.3 Å². The fourth-order valence-electron chi connectivity index (χ4n) is 4.55. The number of Topliss-reactive ketones (excluding diaryl/α,β-unsaturated/α-hetero) is 1. The van der Waals surface area contributed by atoms with Gasteiger partial charge in [-0.15, -0.1) is 5.10 Å². The van der Waals surface area contributed by atoms with Crippen molar-refractivity contribution in [3.63, 3.8) is 0 Å². The standard InChI is InChI=1S/C30H25N3O8/c34-24(26-17-20-16-21(10-11-25(20)41-26)40-15-12-19-6-2-1-3-7-19)18-30(28(36)37,29(38)39)13-14-33-27(35)22-8-4-5-9-23(22)31-32-33/h1-11,16-17H,12-15,18H2,(H,36,37)(H,38,39). The first-order chi connectivity index (χ1) is 19.8. The molecule has 208 valence electrons. The number of carboxylic acid groups (broad SMARTS) is 2. The summed E-state index contributed by atoms with van der Waals surface area (Å²) in [6.45, 7) is 0.0515. The first-order valence-electron chi connectivity index (χ1n) is 12.8. The van der Waals surface area contributed by atoms with E-state index in [1.807, 2.05) is 30.3 Å². The number of aliphatic carboxylic acids is 2. The van der Waals surface area contributed by atoms with E-state index in [0.717, 1.165) is 10.2 Å². The fourth-order valence-corrected chi connectivity index (χ4v) is 4.55. The predicted octanol–water partition coefficient (Wildman–Crippen LogP) is 3.98. The second-order valence-electron chi connectivity index (χ2n) is 9.57. The Balaban J connectivity index is 1.32. The highest BCUT2D eigenvalue weighted by molar-refractivity contribution is 6.06. The molecule has 5 rings (SSSR count). The highest BCUT2D eigenvalue weighted by atomic mass is 16.5. The maximum atomic E-state index is 13.2. The Hall–Kier alpha value is -5.32. The summed E-state index contributed by atoms with van der Waals surface area (Å²) in [5.74, 6) is -3.87. The summed E-state index contributed by atoms with van der Waals surface area (Å²) < 4.78 is 12.3. The third kappa shape index (κ3) is 5.69. The van der Waals surface area contributed by atoms with Crippen LogP contribution in [0.1, 0.15) is 29.0 Å². The molecule has 0 saturated carbocycles. The Labute approximate surface area is 232 Å². The van der Waals surface area contributed by atoms with Gasteiger partial charge in [0, 0.05) is 24.8 Å². The summed E-state index contributed by atoms with van der Waals surface area (Å²) in [4.78, 5) is 50.5. The number of ketones is 1. The van der Waals surface area contributed by atoms with E-state index in [2.05, 4.69) is 10.3 Å². The van der Waals surface area contributed by atoms with Crippen LogP contribution in [0.2, 0.25) is 0 Å². The Kier molecular flexibility index (Phi) is 7.59. The van der Waals surface area contributed by atoms with Gasteiger partial charge in [-0.1, -0.05) is 47.7 Å². The second-order valence-corrected chi connectivity index (χ2v) is 9.57. The van der Waals surface area contributed by atoms with Gasteiger partial charge in [-0.3, -0.25) is 19.2 Å². The van der Waals surface area contributed by atoms with Gasteiger partial charge in [-0.25, -0.2) is 4.68 Å². The van der Waals surface area contributed by atoms with Crippen molar-refractivity contribution in [2.75, 3.05) is 6.61 Å². The van der Waals surface area contributed by atoms with E-state index in [9.17, 15) is 29.4 Å². The van der Waals surface area contributed by atoms with Gasteiger partial charge in [-0.2, -0.15) is 0 Å². The summed E-state index contributed by atoms with van der Waals surface area (Å²) in [5.41, 5.74) is -1.25. The first-order valence-corrected chi connectivity index (χ1v) is 12.8. The van der Waals surface area contributed by atoms with Crippen molar-refractivity contribution < 1.29 is 33.8 Å². The summed E-state index contributed by atoms with van der Waals surface area (Å²) in [7, 11) is 0. The van der Waals surface area contributed by atoms with E-state index < -0.39 is 41.5 Å². The third-order valence-electron chi connectivity index (χ3n) is 6.93. The maximum Gasteiger partial charge on any atom is 0.321 e. The molecule has 0 fully saturated rings. The predicted molar refractivity (Wildman–Crippen MR) is 147 cm³/mol. The molecule has 0 bridgehead atoms. The first kappa shape index (κ1) is 27.3. The van der Waals surface area contributed by atoms with E-state index in [1.54, 1.807) is 36.4 Å². The smallest absolute Gasteiger partial charge is 0.321 e. The van der Waals surface area contributed by atoms with Gasteiger partial charge in [0.25, 0.3) is 5.56 Å². The van der Waals surface area contributed by atoms with Crippen LogP contribution in [0.3, 0.4) is 0 Å². The summed E-state index contributed by atoms with van der Waals surface area (Å²) in [5, 5.41) is 28.4. The highest BCUT2D eigenvalue weighted by Gasteiger charge is 2.48. The molecule has 2 heterocycles. The maximum absolute atomic E-state index is 13.2. The monoisotopic (exact) mass is 555 g/mol. The van der Waals surface area contributed by atoms with Crippen LogP contribution in [0, 0.1) is 5.41 Å². The number of aryl methyl sites for hydroxylation is 1. The number of furan rings is 1. The minimum atomic E-state index is -2.53. The Bertz CT molecular complexity index is 1800. The molecule has 0 amide bonds. The van der Waals surface area contributed by atoms with Crippen molar-refractivity contribution >= 4 is 39.6 Å². The largest absolute Gasteiger partial charge is 0.493 e. The summed E-state index contributed by atoms with van der Waals surface area (Å²) in [6.07, 6.45) is -0.777. The molecule has 0 unspecified atom stereocenters. The Morgan fingerprint density at radius 2 is 1.66 bits per heavy atom. The topological polar surface area (TPSA) is 162 Å². The number of hydrogen-bond donors (Lipinski definition) is 2. The van der Waals surface area contributed by atoms with Gasteiger partial charge in [0.05, 0.1) is 12.0 Å². The van der Waals surface area contributed by atoms with Crippen LogP contribution in [0.15, 0.2) is 88.1 Å². The molecule has 0 atom stereocenters. The van der Waals surface area contributed by atoms with Gasteiger partial charge in [-0.05, 0) is 48.4 Å². The molecule has 2 N–H and O–H groups in total. The number of carbonyl (C=O) groups excluding carboxylic acids is 1. The lowest BCUT2D eigenvalue weighted by Gasteiger charge is -2.23. The number of fused-ring (bicyclic) bond motifs is 2. The van der Waals surface area contributed by atoms with Gasteiger partial charge >= 0.3 is 11.9 Å². The molecular weight excluding hydrogens is 530 g/mol. The van der Waals surface area contributed by atoms with E-state index in [1.165, 1.54) is 12.1 Å². The number of rotatable bonds is 12. The van der Waals surface area contributed by atoms with Gasteiger partial charge in [0.2, 0.25) is 0 Å². The molecule has 0 aliphatic rings. The van der Waals surface area contributed by atoms with Crippen molar-refractivity contribution in [2.45, 2.75) is 25.8 Å². The second kappa shape index (κ2) is 11.4. The Morgan fingerprint density at radius 3 is 2.41 bits per heavy atom. The van der Waals surface area contributed by atoms with Crippen molar-refractivity contribution in [2.24, 2.45) is 5.41 Å². The molecule has 2 aromatic heterocycles. The van der Waals surface area contributed by atoms with Gasteiger partial charge in [0.1, 0.15) is 16.8 Å². The highest BCUT2D eigenvalue weighted by Crippen LogP contribution is 2.32. The molecule has 0 radical (unpaired) electrons. The zero-order valence-corrected chi connectivity index (χ0v) is 21.7. The molecule has 0 spiro atoms. The SMILES string of the molecule is O=C(CC(CCn1nnc2ccccc2c1=O)(C(=O)O)C(=O)O)c1cc2cc(OCCc3ccccc3)ccc2o1. The molecule has 11 nitrogen and oxygen atoms in total. The average Bonchev–Trinajstić information content (AvgIpc) is 3.40. The molecule has 11 heteroatoms. The van der Waals surface area contributed by atoms with E-state index >= 15 is 0 Å². The quantitative estimate of drug-likeness (QED) is 0.170. The zero-order valence-electron chi connectivity index (χ0n) is 21.7. The number of hydrogen-bond acceptors (Lipinski definition) is 8. The molecule has 0 aliphatic carbocycles. The number of ether oxygens (including phenoxy) is 1. The average molecular weight is 556 g/mol. The number of nitrogens with zero attached hydrogens (tertiary/aromatic N) is 3. The van der Waals surface area contributed by atoms with Crippen molar-refractivity contribution in [3.8, 4) is 5.75 Å². The number of aromatic nitrogens is 3. The molecule has 0 aliphatic heterocycles. The lowest BCUT2D eigenvalue weighted by molar-refractivity contribution is -0.165. The minimum Gasteiger partial charge on any atom is -0.493 e. The number of benzene rings is 3. The lowest BCUT2D eigenvalue weighted by Crippen LogP contribution is -2.43. The zero-order chi connectivity index (χ0) is 29.0. The van der Waals surface area contributed by atoms with Crippen molar-refractivity contribution in [1.29, 1.82) is 0 Å². The van der Waals surface area contributed by atoms with Crippen LogP contribution >= 0.6 is 0 Å². The third-order valence-corrected chi connectivity index (χ3v) is 6.93. The van der Waals surface area contributed by atoms with Crippen LogP contribution in [0.5, 0.6) is 5.75 Å². The summed E-state index contributed by atoms with van der Waals surface area (Å²) in [6, 6.07) is 22.7. The molecular formula is C30H25N3O8. The summed E-state index contributed by atoms with van der Waals surface area (Å²) >= 11 is 0. The molecule has 41 heavy (non-hydrogen) atoms.